The van der Waals surface area contributed by atoms with Gasteiger partial charge >= 0.3 is 0 Å². The molecule has 8 aromatic heterocycles. The molecule has 0 spiro atoms. The van der Waals surface area contributed by atoms with Crippen LogP contribution < -0.4 is 0 Å². The quantitative estimate of drug-likeness (QED) is 0.105. The van der Waals surface area contributed by atoms with Crippen molar-refractivity contribution in [2.75, 3.05) is 0 Å². The predicted octanol–water partition coefficient (Wildman–Crippen LogP) is 33.4. The molecule has 0 unspecified atom stereocenters. The standard InChI is InChI=1S/C37H23N3O.3C31H19N3O/c1-3-10-24(11-4-1)25-18-20-27(21-19-25)36-38-35(26-12-5-2-6-13-26)39-37(40-36)30-16-9-14-28-22-34-32(23-31(28)30)29-15-7-8-17-33(29)41-34;1-3-10-20(11-4-1)29-32-30(21-12-5-2-6-13-21)34-31(33-29)24-16-9-14-22-18-26-23-15-7-8-17-27(23)35-28(26)19-25(22)24;1-3-9-20(10-4-1)29-32-30(21-11-5-2-6-12-21)34-31(33-29)23-16-15-22-19-28-26(18-24(22)17-23)25-13-7-8-14-27(25)35-28;1-3-9-20(10-4-1)29-32-30(21-11-5-2-6-12-21)34-31(33-29)23-16-15-22-18-26-25-13-7-8-14-27(25)35-28(26)19-24(22)17-23/h1-23H;3*1-19H. The van der Waals surface area contributed by atoms with E-state index in [1.807, 2.05) is 297 Å². The number of nitrogens with zero attached hydrogens (tertiary/aromatic N) is 12. The monoisotopic (exact) mass is 1870 g/mol. The van der Waals surface area contributed by atoms with Crippen molar-refractivity contribution in [3.63, 3.8) is 0 Å². The number of hydrogen-bond acceptors (Lipinski definition) is 16. The van der Waals surface area contributed by atoms with Gasteiger partial charge in [-0.1, -0.05) is 400 Å². The van der Waals surface area contributed by atoms with Crippen molar-refractivity contribution in [2.45, 2.75) is 0 Å². The van der Waals surface area contributed by atoms with E-state index in [-0.39, 0.29) is 0 Å². The lowest BCUT2D eigenvalue weighted by Gasteiger charge is -2.11. The van der Waals surface area contributed by atoms with Crippen LogP contribution in [-0.2, 0) is 0 Å². The van der Waals surface area contributed by atoms with Gasteiger partial charge in [-0.15, -0.1) is 0 Å². The summed E-state index contributed by atoms with van der Waals surface area (Å²) in [5, 5.41) is 17.6. The largest absolute Gasteiger partial charge is 0.456 e. The summed E-state index contributed by atoms with van der Waals surface area (Å²) in [5.41, 5.74) is 20.8. The Hall–Kier alpha value is -20.1. The van der Waals surface area contributed by atoms with Crippen LogP contribution in [0.4, 0.5) is 0 Å². The molecule has 8 heterocycles. The van der Waals surface area contributed by atoms with Crippen molar-refractivity contribution < 1.29 is 17.7 Å². The molecule has 0 N–H and O–H groups in total. The van der Waals surface area contributed by atoms with Gasteiger partial charge in [0.15, 0.2) is 69.9 Å². The van der Waals surface area contributed by atoms with Crippen molar-refractivity contribution in [1.82, 2.24) is 59.8 Å². The molecule has 29 rings (SSSR count). The summed E-state index contributed by atoms with van der Waals surface area (Å²) in [6, 6.07) is 164. The zero-order chi connectivity index (χ0) is 96.7. The molecule has 16 nitrogen and oxygen atoms in total. The first kappa shape index (κ1) is 86.3. The van der Waals surface area contributed by atoms with Crippen LogP contribution in [0.1, 0.15) is 0 Å². The number of para-hydroxylation sites is 4. The highest BCUT2D eigenvalue weighted by Gasteiger charge is 2.23. The molecule has 0 amide bonds. The highest BCUT2D eigenvalue weighted by Crippen LogP contribution is 2.43. The van der Waals surface area contributed by atoms with Gasteiger partial charge in [0.2, 0.25) is 0 Å². The Bertz CT molecular complexity index is 9800. The topological polar surface area (TPSA) is 207 Å². The van der Waals surface area contributed by atoms with Crippen LogP contribution >= 0.6 is 0 Å². The Labute approximate surface area is 835 Å². The molecule has 0 aliphatic carbocycles. The van der Waals surface area contributed by atoms with Crippen LogP contribution in [0.15, 0.2) is 503 Å². The van der Waals surface area contributed by atoms with E-state index in [1.54, 1.807) is 0 Å². The molecule has 684 valence electrons. The number of aromatic nitrogens is 12. The molecule has 0 fully saturated rings. The molecule has 0 aliphatic heterocycles. The van der Waals surface area contributed by atoms with E-state index in [9.17, 15) is 0 Å². The van der Waals surface area contributed by atoms with Gasteiger partial charge in [-0.3, -0.25) is 0 Å². The van der Waals surface area contributed by atoms with E-state index in [0.717, 1.165) is 203 Å². The Balaban J connectivity index is 0.0000000991. The second kappa shape index (κ2) is 37.6. The number of rotatable bonds is 13. The second-order valence-electron chi connectivity index (χ2n) is 35.7. The fourth-order valence-electron chi connectivity index (χ4n) is 19.2. The Kier molecular flexibility index (Phi) is 22.2. The van der Waals surface area contributed by atoms with Crippen LogP contribution in [0.2, 0.25) is 0 Å². The van der Waals surface area contributed by atoms with Gasteiger partial charge in [0.25, 0.3) is 0 Å². The molecule has 0 radical (unpaired) electrons. The van der Waals surface area contributed by atoms with Crippen molar-refractivity contribution in [3.05, 3.63) is 485 Å². The summed E-state index contributed by atoms with van der Waals surface area (Å²) >= 11 is 0. The van der Waals surface area contributed by atoms with Crippen LogP contribution in [-0.4, -0.2) is 59.8 Å². The average molecular weight is 1870 g/mol. The van der Waals surface area contributed by atoms with Crippen LogP contribution in [0, 0.1) is 0 Å². The highest BCUT2D eigenvalue weighted by molar-refractivity contribution is 6.16. The minimum Gasteiger partial charge on any atom is -0.456 e. The minimum atomic E-state index is 0.638. The van der Waals surface area contributed by atoms with Gasteiger partial charge in [0.05, 0.1) is 0 Å². The number of hydrogen-bond donors (Lipinski definition) is 0. The molecular weight excluding hydrogens is 1790 g/mol. The average Bonchev–Trinajstić information content (AvgIpc) is 1.69. The van der Waals surface area contributed by atoms with Crippen molar-refractivity contribution in [1.29, 1.82) is 0 Å². The van der Waals surface area contributed by atoms with Gasteiger partial charge in [0, 0.05) is 110 Å². The third kappa shape index (κ3) is 17.0. The van der Waals surface area contributed by atoms with E-state index in [4.69, 9.17) is 77.5 Å². The lowest BCUT2D eigenvalue weighted by atomic mass is 10.0. The molecule has 21 aromatic carbocycles. The maximum Gasteiger partial charge on any atom is 0.164 e. The molecule has 29 aromatic rings. The predicted molar refractivity (Wildman–Crippen MR) is 589 cm³/mol. The van der Waals surface area contributed by atoms with Crippen LogP contribution in [0.5, 0.6) is 0 Å². The van der Waals surface area contributed by atoms with E-state index < -0.39 is 0 Å². The van der Waals surface area contributed by atoms with Gasteiger partial charge in [-0.2, -0.15) is 0 Å². The molecule has 16 heteroatoms. The molecular formula is C130H80N12O4. The van der Waals surface area contributed by atoms with Gasteiger partial charge in [0.1, 0.15) is 44.7 Å². The van der Waals surface area contributed by atoms with Crippen molar-refractivity contribution in [3.8, 4) is 148 Å². The lowest BCUT2D eigenvalue weighted by molar-refractivity contribution is 0.669. The summed E-state index contributed by atoms with van der Waals surface area (Å²) in [6.45, 7) is 0. The van der Waals surface area contributed by atoms with E-state index in [2.05, 4.69) is 188 Å². The first-order valence-corrected chi connectivity index (χ1v) is 48.2. The summed E-state index contributed by atoms with van der Waals surface area (Å²) in [7, 11) is 0. The molecule has 0 saturated carbocycles. The summed E-state index contributed by atoms with van der Waals surface area (Å²) in [5.74, 6) is 7.78. The molecule has 0 aliphatic rings. The fraction of sp³-hybridized carbons (Fsp3) is 0. The SMILES string of the molecule is c1ccc(-c2ccc(-c3nc(-c4ccccc4)nc(-c4cccc5cc6oc7ccccc7c6cc45)n3)cc2)cc1.c1ccc(-c2nc(-c3ccccc3)nc(-c3ccc4cc5c(cc4c3)oc3ccccc35)n2)cc1.c1ccc(-c2nc(-c3ccccc3)nc(-c3ccc4cc5oc6ccccc6c5cc4c3)n2)cc1.c1ccc(-c2nc(-c3ccccc3)nc(-c3cccc4cc5c(cc34)oc3ccccc35)n2)cc1. The second-order valence-corrected chi connectivity index (χ2v) is 35.7. The van der Waals surface area contributed by atoms with Gasteiger partial charge < -0.3 is 17.7 Å². The van der Waals surface area contributed by atoms with Crippen molar-refractivity contribution >= 4 is 131 Å². The third-order valence-electron chi connectivity index (χ3n) is 26.4. The first-order chi connectivity index (χ1) is 72.3. The molecule has 0 atom stereocenters. The van der Waals surface area contributed by atoms with E-state index >= 15 is 0 Å². The van der Waals surface area contributed by atoms with Crippen LogP contribution in [0.25, 0.3) is 279 Å². The smallest absolute Gasteiger partial charge is 0.164 e. The molecule has 0 saturated heterocycles. The third-order valence-corrected chi connectivity index (χ3v) is 26.4. The number of benzene rings is 21. The molecule has 0 bridgehead atoms. The van der Waals surface area contributed by atoms with Gasteiger partial charge in [-0.25, -0.2) is 59.8 Å². The summed E-state index contributed by atoms with van der Waals surface area (Å²) < 4.78 is 24.5. The zero-order valence-electron chi connectivity index (χ0n) is 78.2. The summed E-state index contributed by atoms with van der Waals surface area (Å²) in [4.78, 5) is 58.7. The minimum absolute atomic E-state index is 0.638. The van der Waals surface area contributed by atoms with Crippen molar-refractivity contribution in [2.24, 2.45) is 0 Å². The Morgan fingerprint density at radius 1 is 0.103 bits per heavy atom. The zero-order valence-corrected chi connectivity index (χ0v) is 78.2. The molecule has 146 heavy (non-hydrogen) atoms. The number of furan rings is 4. The number of fused-ring (bicyclic) bond motifs is 16. The van der Waals surface area contributed by atoms with E-state index in [1.165, 1.54) is 5.56 Å². The van der Waals surface area contributed by atoms with E-state index in [0.29, 0.717) is 69.9 Å². The highest BCUT2D eigenvalue weighted by atomic mass is 16.3. The lowest BCUT2D eigenvalue weighted by Crippen LogP contribution is -2.00. The summed E-state index contributed by atoms with van der Waals surface area (Å²) in [6.07, 6.45) is 0. The first-order valence-electron chi connectivity index (χ1n) is 48.2. The van der Waals surface area contributed by atoms with Crippen LogP contribution in [0.3, 0.4) is 0 Å². The fourth-order valence-corrected chi connectivity index (χ4v) is 19.2. The maximum absolute atomic E-state index is 6.18. The normalized spacial score (nSPS) is 11.4. The Morgan fingerprint density at radius 3 is 0.658 bits per heavy atom. The van der Waals surface area contributed by atoms with Gasteiger partial charge in [-0.05, 0) is 139 Å². The maximum atomic E-state index is 6.18. The Morgan fingerprint density at radius 2 is 0.315 bits per heavy atom.